The molecule has 0 unspecified atom stereocenters. The Morgan fingerprint density at radius 1 is 1.08 bits per heavy atom. The van der Waals surface area contributed by atoms with Gasteiger partial charge in [0.1, 0.15) is 5.75 Å². The fourth-order valence-electron chi connectivity index (χ4n) is 4.14. The van der Waals surface area contributed by atoms with Crippen molar-refractivity contribution in [3.8, 4) is 5.75 Å². The molecule has 0 spiro atoms. The van der Waals surface area contributed by atoms with Crippen molar-refractivity contribution in [3.63, 3.8) is 0 Å². The van der Waals surface area contributed by atoms with Gasteiger partial charge < -0.3 is 14.6 Å². The largest absolute Gasteiger partial charge is 0.494 e. The molecule has 0 saturated carbocycles. The van der Waals surface area contributed by atoms with E-state index in [0.717, 1.165) is 21.2 Å². The summed E-state index contributed by atoms with van der Waals surface area (Å²) in [7, 11) is 3.55. The van der Waals surface area contributed by atoms with Crippen LogP contribution in [-0.4, -0.2) is 54.8 Å². The molecular formula is C28H30BrN3O4. The summed E-state index contributed by atoms with van der Waals surface area (Å²) in [5.41, 5.74) is 4.24. The van der Waals surface area contributed by atoms with Gasteiger partial charge in [0.25, 0.3) is 5.91 Å². The fraction of sp³-hybridized carbons (Fsp3) is 0.286. The molecule has 1 aliphatic rings. The zero-order chi connectivity index (χ0) is 25.5. The summed E-state index contributed by atoms with van der Waals surface area (Å²) in [6.07, 6.45) is 0.259. The molecule has 1 heterocycles. The van der Waals surface area contributed by atoms with Crippen LogP contribution in [0.3, 0.4) is 0 Å². The Balaban J connectivity index is 1.77. The number of halogens is 1. The highest BCUT2D eigenvalue weighted by atomic mass is 79.9. The van der Waals surface area contributed by atoms with E-state index in [1.165, 1.54) is 0 Å². The van der Waals surface area contributed by atoms with E-state index in [1.807, 2.05) is 78.9 Å². The highest BCUT2D eigenvalue weighted by molar-refractivity contribution is 9.10. The maximum atomic E-state index is 13.9. The highest BCUT2D eigenvalue weighted by Gasteiger charge is 2.53. The van der Waals surface area contributed by atoms with Crippen LogP contribution < -0.4 is 10.2 Å². The third-order valence-corrected chi connectivity index (χ3v) is 6.65. The predicted octanol–water partition coefficient (Wildman–Crippen LogP) is 4.30. The lowest BCUT2D eigenvalue weighted by atomic mass is 9.82. The van der Waals surface area contributed by atoms with Gasteiger partial charge in [-0.25, -0.2) is 10.0 Å². The van der Waals surface area contributed by atoms with Crippen molar-refractivity contribution < 1.29 is 19.4 Å². The predicted molar refractivity (Wildman–Crippen MR) is 143 cm³/mol. The van der Waals surface area contributed by atoms with Gasteiger partial charge in [0, 0.05) is 43.6 Å². The Hall–Kier alpha value is -3.20. The molecule has 2 N–H and O–H groups in total. The number of aliphatic imine (C=N–C) groups is 1. The molecule has 36 heavy (non-hydrogen) atoms. The van der Waals surface area contributed by atoms with Crippen LogP contribution >= 0.6 is 15.9 Å². The first kappa shape index (κ1) is 25.9. The second kappa shape index (κ2) is 11.7. The minimum atomic E-state index is -1.25. The number of carbonyl (C=O) groups excluding carboxylic acids is 1. The molecule has 188 valence electrons. The van der Waals surface area contributed by atoms with E-state index in [0.29, 0.717) is 31.1 Å². The molecule has 4 rings (SSSR count). The molecular weight excluding hydrogens is 522 g/mol. The van der Waals surface area contributed by atoms with Gasteiger partial charge in [-0.1, -0.05) is 64.5 Å². The van der Waals surface area contributed by atoms with Crippen LogP contribution in [-0.2, 0) is 16.0 Å². The number of hydrogen-bond donors (Lipinski definition) is 2. The van der Waals surface area contributed by atoms with E-state index < -0.39 is 11.6 Å². The summed E-state index contributed by atoms with van der Waals surface area (Å²) in [5.74, 6) is 0.832. The Kier molecular flexibility index (Phi) is 8.40. The summed E-state index contributed by atoms with van der Waals surface area (Å²) >= 11 is 3.64. The van der Waals surface area contributed by atoms with Crippen LogP contribution in [0.5, 0.6) is 5.75 Å². The molecule has 8 heteroatoms. The number of hydrogen-bond acceptors (Lipinski definition) is 6. The average Bonchev–Trinajstić information content (AvgIpc) is 3.27. The standard InChI is InChI=1S/C28H30BrN3O4/c1-32(2)31-27(34)28(19-22-11-6-7-12-24(22)29)25(20-9-4-3-5-10-20)36-26(30-28)21-13-15-23(16-14-21)35-18-8-17-33/h3-7,9-16,25,33H,8,17-19H2,1-2H3,(H,31,34)/t25-,28-/m0/s1. The molecule has 3 aromatic carbocycles. The lowest BCUT2D eigenvalue weighted by Crippen LogP contribution is -2.53. The monoisotopic (exact) mass is 551 g/mol. The number of rotatable bonds is 10. The van der Waals surface area contributed by atoms with Gasteiger partial charge in [-0.3, -0.25) is 10.2 Å². The van der Waals surface area contributed by atoms with E-state index in [9.17, 15) is 4.79 Å². The number of ether oxygens (including phenoxy) is 2. The van der Waals surface area contributed by atoms with Crippen LogP contribution in [0, 0.1) is 0 Å². The van der Waals surface area contributed by atoms with Gasteiger partial charge >= 0.3 is 0 Å². The van der Waals surface area contributed by atoms with Gasteiger partial charge in [0.15, 0.2) is 11.6 Å². The lowest BCUT2D eigenvalue weighted by molar-refractivity contribution is -0.132. The molecule has 1 aliphatic heterocycles. The minimum Gasteiger partial charge on any atom is -0.494 e. The molecule has 2 atom stereocenters. The molecule has 7 nitrogen and oxygen atoms in total. The maximum Gasteiger partial charge on any atom is 0.266 e. The van der Waals surface area contributed by atoms with Crippen LogP contribution in [0.25, 0.3) is 0 Å². The Bertz CT molecular complexity index is 1200. The molecule has 0 bridgehead atoms. The smallest absolute Gasteiger partial charge is 0.266 e. The molecule has 0 aliphatic carbocycles. The van der Waals surface area contributed by atoms with E-state index in [1.54, 1.807) is 19.1 Å². The number of benzene rings is 3. The van der Waals surface area contributed by atoms with Crippen molar-refractivity contribution in [1.29, 1.82) is 0 Å². The maximum absolute atomic E-state index is 13.9. The van der Waals surface area contributed by atoms with Crippen molar-refractivity contribution in [2.75, 3.05) is 27.3 Å². The molecule has 3 aromatic rings. The Morgan fingerprint density at radius 3 is 2.44 bits per heavy atom. The molecule has 0 radical (unpaired) electrons. The fourth-order valence-corrected chi connectivity index (χ4v) is 4.57. The number of carbonyl (C=O) groups is 1. The van der Waals surface area contributed by atoms with Gasteiger partial charge in [0.2, 0.25) is 5.90 Å². The van der Waals surface area contributed by atoms with Crippen molar-refractivity contribution in [1.82, 2.24) is 10.4 Å². The Morgan fingerprint density at radius 2 is 1.78 bits per heavy atom. The SMILES string of the molecule is CN(C)NC(=O)[C@@]1(Cc2ccccc2Br)N=C(c2ccc(OCCCO)cc2)O[C@H]1c1ccccc1. The van der Waals surface area contributed by atoms with Gasteiger partial charge in [-0.15, -0.1) is 0 Å². The van der Waals surface area contributed by atoms with Crippen molar-refractivity contribution in [2.24, 2.45) is 4.99 Å². The summed E-state index contributed by atoms with van der Waals surface area (Å²) in [6, 6.07) is 25.0. The number of nitrogens with one attached hydrogen (secondary N) is 1. The summed E-state index contributed by atoms with van der Waals surface area (Å²) in [4.78, 5) is 18.9. The zero-order valence-corrected chi connectivity index (χ0v) is 21.9. The normalized spacial score (nSPS) is 19.0. The first-order chi connectivity index (χ1) is 17.4. The van der Waals surface area contributed by atoms with Crippen molar-refractivity contribution in [3.05, 3.63) is 100 Å². The van der Waals surface area contributed by atoms with Crippen LogP contribution in [0.2, 0.25) is 0 Å². The number of aliphatic hydroxyl groups excluding tert-OH is 1. The number of hydrazine groups is 1. The van der Waals surface area contributed by atoms with Crippen molar-refractivity contribution in [2.45, 2.75) is 24.5 Å². The zero-order valence-electron chi connectivity index (χ0n) is 20.4. The Labute approximate surface area is 219 Å². The lowest BCUT2D eigenvalue weighted by Gasteiger charge is -2.32. The highest BCUT2D eigenvalue weighted by Crippen LogP contribution is 2.43. The van der Waals surface area contributed by atoms with Crippen LogP contribution in [0.15, 0.2) is 88.3 Å². The van der Waals surface area contributed by atoms with Gasteiger partial charge in [0.05, 0.1) is 6.61 Å². The number of aliphatic hydroxyl groups is 1. The third kappa shape index (κ3) is 5.78. The first-order valence-electron chi connectivity index (χ1n) is 11.8. The second-order valence-corrected chi connectivity index (χ2v) is 9.66. The molecule has 0 saturated heterocycles. The van der Waals surface area contributed by atoms with Gasteiger partial charge in [-0.05, 0) is 41.5 Å². The average molecular weight is 552 g/mol. The quantitative estimate of drug-likeness (QED) is 0.290. The van der Waals surface area contributed by atoms with E-state index in [2.05, 4.69) is 21.4 Å². The van der Waals surface area contributed by atoms with Gasteiger partial charge in [-0.2, -0.15) is 0 Å². The van der Waals surface area contributed by atoms with E-state index in [4.69, 9.17) is 19.6 Å². The van der Waals surface area contributed by atoms with Crippen LogP contribution in [0.4, 0.5) is 0 Å². The molecule has 1 amide bonds. The van der Waals surface area contributed by atoms with E-state index in [-0.39, 0.29) is 12.5 Å². The topological polar surface area (TPSA) is 83.4 Å². The van der Waals surface area contributed by atoms with E-state index >= 15 is 0 Å². The second-order valence-electron chi connectivity index (χ2n) is 8.80. The summed E-state index contributed by atoms with van der Waals surface area (Å²) < 4.78 is 13.0. The molecule has 0 fully saturated rings. The summed E-state index contributed by atoms with van der Waals surface area (Å²) in [6.45, 7) is 0.515. The number of amides is 1. The molecule has 0 aromatic heterocycles. The first-order valence-corrected chi connectivity index (χ1v) is 12.6. The van der Waals surface area contributed by atoms with Crippen molar-refractivity contribution >= 4 is 27.7 Å². The third-order valence-electron chi connectivity index (χ3n) is 5.88. The number of nitrogens with zero attached hydrogens (tertiary/aromatic N) is 2. The minimum absolute atomic E-state index is 0.0816. The summed E-state index contributed by atoms with van der Waals surface area (Å²) in [5, 5.41) is 10.6. The van der Waals surface area contributed by atoms with Crippen LogP contribution in [0.1, 0.15) is 29.2 Å².